The summed E-state index contributed by atoms with van der Waals surface area (Å²) < 4.78 is 7.33. The summed E-state index contributed by atoms with van der Waals surface area (Å²) in [6.45, 7) is 2.17. The number of pyridine rings is 1. The van der Waals surface area contributed by atoms with E-state index in [4.69, 9.17) is 4.52 Å². The third kappa shape index (κ3) is 4.00. The highest BCUT2D eigenvalue weighted by atomic mass is 16.5. The van der Waals surface area contributed by atoms with Crippen LogP contribution in [0.15, 0.2) is 71.6 Å². The Kier molecular flexibility index (Phi) is 5.00. The molecule has 4 rings (SSSR count). The van der Waals surface area contributed by atoms with Crippen LogP contribution < -0.4 is 0 Å². The fourth-order valence-corrected chi connectivity index (χ4v) is 2.81. The molecule has 0 amide bonds. The lowest BCUT2D eigenvalue weighted by Gasteiger charge is -2.07. The molecule has 6 heteroatoms. The van der Waals surface area contributed by atoms with Crippen LogP contribution in [0, 0.1) is 11.8 Å². The van der Waals surface area contributed by atoms with E-state index in [0.717, 1.165) is 22.5 Å². The largest absolute Gasteiger partial charge is 0.385 e. The van der Waals surface area contributed by atoms with Crippen LogP contribution in [0.1, 0.15) is 35.8 Å². The Morgan fingerprint density at radius 1 is 1.07 bits per heavy atom. The van der Waals surface area contributed by atoms with E-state index in [2.05, 4.69) is 27.0 Å². The van der Waals surface area contributed by atoms with Gasteiger partial charge in [-0.3, -0.25) is 0 Å². The molecule has 138 valence electrons. The predicted molar refractivity (Wildman–Crippen MR) is 104 cm³/mol. The van der Waals surface area contributed by atoms with Gasteiger partial charge in [0, 0.05) is 35.8 Å². The molecule has 3 aromatic heterocycles. The lowest BCUT2D eigenvalue weighted by atomic mass is 10.1. The summed E-state index contributed by atoms with van der Waals surface area (Å²) in [5, 5.41) is 13.9. The van der Waals surface area contributed by atoms with Crippen molar-refractivity contribution in [3.8, 4) is 23.2 Å². The summed E-state index contributed by atoms with van der Waals surface area (Å²) in [5.74, 6) is 7.41. The molecule has 0 radical (unpaired) electrons. The Bertz CT molecular complexity index is 1120. The maximum absolute atomic E-state index is 9.75. The van der Waals surface area contributed by atoms with Gasteiger partial charge in [-0.15, -0.1) is 0 Å². The standard InChI is InChI=1S/C22H18N4O2/c1-16(27)22-24-12-13-26(22)15-20-14-21(28-25-20)18-8-5-17(6-9-18)7-10-19-4-2-3-11-23-19/h2-6,8-9,11-14,16,27H,15H2,1H3. The van der Waals surface area contributed by atoms with E-state index in [1.807, 2.05) is 59.3 Å². The second kappa shape index (κ2) is 7.91. The molecule has 0 saturated carbocycles. The average Bonchev–Trinajstić information content (AvgIpc) is 3.38. The minimum atomic E-state index is -0.638. The van der Waals surface area contributed by atoms with Crippen molar-refractivity contribution in [2.45, 2.75) is 19.6 Å². The molecule has 0 fully saturated rings. The summed E-state index contributed by atoms with van der Waals surface area (Å²) in [6, 6.07) is 15.3. The van der Waals surface area contributed by atoms with Gasteiger partial charge in [0.25, 0.3) is 0 Å². The molecular weight excluding hydrogens is 352 g/mol. The first-order valence-corrected chi connectivity index (χ1v) is 8.87. The number of hydrogen-bond donors (Lipinski definition) is 1. The van der Waals surface area contributed by atoms with Gasteiger partial charge in [-0.1, -0.05) is 17.1 Å². The molecule has 0 aliphatic heterocycles. The van der Waals surface area contributed by atoms with E-state index >= 15 is 0 Å². The number of nitrogens with zero attached hydrogens (tertiary/aromatic N) is 4. The van der Waals surface area contributed by atoms with Crippen molar-refractivity contribution in [1.82, 2.24) is 19.7 Å². The minimum absolute atomic E-state index is 0.484. The summed E-state index contributed by atoms with van der Waals surface area (Å²) in [4.78, 5) is 8.35. The van der Waals surface area contributed by atoms with E-state index in [9.17, 15) is 5.11 Å². The number of imidazole rings is 1. The Morgan fingerprint density at radius 2 is 1.93 bits per heavy atom. The minimum Gasteiger partial charge on any atom is -0.385 e. The molecule has 6 nitrogen and oxygen atoms in total. The van der Waals surface area contributed by atoms with Crippen LogP contribution in [0.5, 0.6) is 0 Å². The molecule has 1 unspecified atom stereocenters. The van der Waals surface area contributed by atoms with E-state index in [-0.39, 0.29) is 0 Å². The maximum Gasteiger partial charge on any atom is 0.167 e. The van der Waals surface area contributed by atoms with Crippen LogP contribution in [0.4, 0.5) is 0 Å². The van der Waals surface area contributed by atoms with E-state index in [0.29, 0.717) is 18.1 Å². The quantitative estimate of drug-likeness (QED) is 0.557. The molecule has 4 aromatic rings. The Balaban J connectivity index is 1.48. The highest BCUT2D eigenvalue weighted by molar-refractivity contribution is 5.59. The van der Waals surface area contributed by atoms with Crippen LogP contribution in [0.25, 0.3) is 11.3 Å². The lowest BCUT2D eigenvalue weighted by molar-refractivity contribution is 0.184. The fourth-order valence-electron chi connectivity index (χ4n) is 2.81. The zero-order valence-electron chi connectivity index (χ0n) is 15.3. The van der Waals surface area contributed by atoms with E-state index in [1.54, 1.807) is 19.3 Å². The average molecular weight is 370 g/mol. The number of aliphatic hydroxyl groups is 1. The van der Waals surface area contributed by atoms with E-state index < -0.39 is 6.10 Å². The van der Waals surface area contributed by atoms with Gasteiger partial charge < -0.3 is 14.2 Å². The van der Waals surface area contributed by atoms with Gasteiger partial charge in [0.1, 0.15) is 23.3 Å². The molecular formula is C22H18N4O2. The lowest BCUT2D eigenvalue weighted by Crippen LogP contribution is -2.07. The van der Waals surface area contributed by atoms with Gasteiger partial charge in [-0.25, -0.2) is 9.97 Å². The van der Waals surface area contributed by atoms with Crippen LogP contribution in [-0.2, 0) is 6.54 Å². The molecule has 0 aliphatic carbocycles. The smallest absolute Gasteiger partial charge is 0.167 e. The molecule has 1 aromatic carbocycles. The molecule has 1 N–H and O–H groups in total. The van der Waals surface area contributed by atoms with Crippen LogP contribution >= 0.6 is 0 Å². The Hall–Kier alpha value is -3.69. The fraction of sp³-hybridized carbons (Fsp3) is 0.136. The Labute approximate surface area is 162 Å². The van der Waals surface area contributed by atoms with Crippen molar-refractivity contribution in [2.75, 3.05) is 0 Å². The van der Waals surface area contributed by atoms with Crippen molar-refractivity contribution >= 4 is 0 Å². The van der Waals surface area contributed by atoms with Crippen molar-refractivity contribution in [2.24, 2.45) is 0 Å². The van der Waals surface area contributed by atoms with Crippen LogP contribution in [0.2, 0.25) is 0 Å². The van der Waals surface area contributed by atoms with Gasteiger partial charge in [-0.2, -0.15) is 0 Å². The topological polar surface area (TPSA) is 77.0 Å². The van der Waals surface area contributed by atoms with Crippen molar-refractivity contribution < 1.29 is 9.63 Å². The molecule has 0 saturated heterocycles. The first-order chi connectivity index (χ1) is 13.7. The molecule has 0 bridgehead atoms. The molecule has 0 aliphatic rings. The van der Waals surface area contributed by atoms with Crippen molar-refractivity contribution in [3.05, 3.63) is 89.9 Å². The zero-order valence-corrected chi connectivity index (χ0v) is 15.3. The second-order valence-corrected chi connectivity index (χ2v) is 6.31. The van der Waals surface area contributed by atoms with Gasteiger partial charge >= 0.3 is 0 Å². The van der Waals surface area contributed by atoms with Crippen LogP contribution in [0.3, 0.4) is 0 Å². The summed E-state index contributed by atoms with van der Waals surface area (Å²) in [6.07, 6.45) is 4.56. The summed E-state index contributed by atoms with van der Waals surface area (Å²) >= 11 is 0. The first-order valence-electron chi connectivity index (χ1n) is 8.87. The van der Waals surface area contributed by atoms with Crippen LogP contribution in [-0.4, -0.2) is 24.8 Å². The molecule has 1 atom stereocenters. The summed E-state index contributed by atoms with van der Waals surface area (Å²) in [7, 11) is 0. The first kappa shape index (κ1) is 17.7. The number of hydrogen-bond acceptors (Lipinski definition) is 5. The number of aromatic nitrogens is 4. The van der Waals surface area contributed by atoms with Gasteiger partial charge in [0.05, 0.1) is 6.54 Å². The number of benzene rings is 1. The van der Waals surface area contributed by atoms with Gasteiger partial charge in [-0.05, 0) is 49.2 Å². The zero-order chi connectivity index (χ0) is 19.3. The number of aliphatic hydroxyl groups excluding tert-OH is 1. The highest BCUT2D eigenvalue weighted by Crippen LogP contribution is 2.22. The molecule has 3 heterocycles. The van der Waals surface area contributed by atoms with Crippen molar-refractivity contribution in [3.63, 3.8) is 0 Å². The van der Waals surface area contributed by atoms with Crippen molar-refractivity contribution in [1.29, 1.82) is 0 Å². The maximum atomic E-state index is 9.75. The third-order valence-corrected chi connectivity index (χ3v) is 4.18. The molecule has 0 spiro atoms. The monoisotopic (exact) mass is 370 g/mol. The molecule has 28 heavy (non-hydrogen) atoms. The second-order valence-electron chi connectivity index (χ2n) is 6.31. The van der Waals surface area contributed by atoms with Gasteiger partial charge in [0.15, 0.2) is 5.76 Å². The summed E-state index contributed by atoms with van der Waals surface area (Å²) in [5.41, 5.74) is 3.31. The van der Waals surface area contributed by atoms with Gasteiger partial charge in [0.2, 0.25) is 0 Å². The third-order valence-electron chi connectivity index (χ3n) is 4.18. The SMILES string of the molecule is CC(O)c1nccn1Cc1cc(-c2ccc(C#Cc3ccccn3)cc2)on1. The number of rotatable bonds is 4. The Morgan fingerprint density at radius 3 is 2.68 bits per heavy atom. The van der Waals surface area contributed by atoms with E-state index in [1.165, 1.54) is 0 Å². The predicted octanol–water partition coefficient (Wildman–Crippen LogP) is 3.43. The normalized spacial score (nSPS) is 11.6. The highest BCUT2D eigenvalue weighted by Gasteiger charge is 2.12.